The number of aromatic nitrogens is 1. The van der Waals surface area contributed by atoms with Gasteiger partial charge in [-0.1, -0.05) is 6.07 Å². The van der Waals surface area contributed by atoms with E-state index in [1.165, 1.54) is 6.07 Å². The largest absolute Gasteiger partial charge is 0.376 e. The average Bonchev–Trinajstić information content (AvgIpc) is 2.08. The van der Waals surface area contributed by atoms with Crippen molar-refractivity contribution in [1.29, 1.82) is 0 Å². The zero-order valence-corrected chi connectivity index (χ0v) is 7.55. The van der Waals surface area contributed by atoms with Gasteiger partial charge in [0, 0.05) is 18.9 Å². The van der Waals surface area contributed by atoms with Gasteiger partial charge >= 0.3 is 0 Å². The molecule has 0 saturated carbocycles. The Labute approximate surface area is 71.4 Å². The number of methoxy groups -OCH3 is 1. The first-order chi connectivity index (χ1) is 5.65. The Hall–Kier alpha value is -1.09. The molecule has 1 aromatic rings. The number of H-pyrrole nitrogens is 1. The van der Waals surface area contributed by atoms with Crippen LogP contribution >= 0.6 is 0 Å². The Morgan fingerprint density at radius 2 is 2.17 bits per heavy atom. The van der Waals surface area contributed by atoms with Gasteiger partial charge in [-0.2, -0.15) is 0 Å². The van der Waals surface area contributed by atoms with Gasteiger partial charge in [-0.25, -0.2) is 0 Å². The highest BCUT2D eigenvalue weighted by Crippen LogP contribution is 2.14. The van der Waals surface area contributed by atoms with E-state index in [1.807, 2.05) is 13.8 Å². The zero-order chi connectivity index (χ0) is 9.14. The van der Waals surface area contributed by atoms with Crippen LogP contribution in [-0.2, 0) is 4.74 Å². The maximum absolute atomic E-state index is 11.0. The average molecular weight is 167 g/mol. The molecule has 0 radical (unpaired) electrons. The lowest BCUT2D eigenvalue weighted by Gasteiger charge is -2.11. The predicted molar refractivity (Wildman–Crippen MR) is 47.2 cm³/mol. The van der Waals surface area contributed by atoms with E-state index in [4.69, 9.17) is 4.74 Å². The highest BCUT2D eigenvalue weighted by atomic mass is 16.5. The summed E-state index contributed by atoms with van der Waals surface area (Å²) >= 11 is 0. The monoisotopic (exact) mass is 167 g/mol. The Bertz CT molecular complexity index is 317. The van der Waals surface area contributed by atoms with E-state index in [0.29, 0.717) is 0 Å². The van der Waals surface area contributed by atoms with Crippen molar-refractivity contribution in [3.05, 3.63) is 33.7 Å². The Morgan fingerprint density at radius 3 is 2.75 bits per heavy atom. The molecule has 1 N–H and O–H groups in total. The summed E-state index contributed by atoms with van der Waals surface area (Å²) in [6.45, 7) is 3.85. The summed E-state index contributed by atoms with van der Waals surface area (Å²) in [7, 11) is 1.62. The topological polar surface area (TPSA) is 42.1 Å². The molecule has 0 aliphatic carbocycles. The molecule has 0 aliphatic heterocycles. The number of hydrogen-bond acceptors (Lipinski definition) is 2. The molecular weight excluding hydrogens is 154 g/mol. The van der Waals surface area contributed by atoms with Gasteiger partial charge in [-0.05, 0) is 19.4 Å². The highest BCUT2D eigenvalue weighted by molar-refractivity contribution is 5.19. The SMILES string of the molecule is CO[C@H](C)c1[nH]c(=O)ccc1C. The lowest BCUT2D eigenvalue weighted by molar-refractivity contribution is 0.115. The van der Waals surface area contributed by atoms with Crippen molar-refractivity contribution >= 4 is 0 Å². The zero-order valence-electron chi connectivity index (χ0n) is 7.55. The van der Waals surface area contributed by atoms with E-state index in [2.05, 4.69) is 4.98 Å². The van der Waals surface area contributed by atoms with E-state index >= 15 is 0 Å². The number of aryl methyl sites for hydroxylation is 1. The second-order valence-electron chi connectivity index (χ2n) is 2.80. The molecule has 3 nitrogen and oxygen atoms in total. The lowest BCUT2D eigenvalue weighted by atomic mass is 10.1. The maximum atomic E-state index is 11.0. The van der Waals surface area contributed by atoms with Crippen LogP contribution in [-0.4, -0.2) is 12.1 Å². The van der Waals surface area contributed by atoms with E-state index in [0.717, 1.165) is 11.3 Å². The summed E-state index contributed by atoms with van der Waals surface area (Å²) in [5, 5.41) is 0. The quantitative estimate of drug-likeness (QED) is 0.723. The van der Waals surface area contributed by atoms with Gasteiger partial charge in [0.15, 0.2) is 0 Å². The molecule has 0 saturated heterocycles. The van der Waals surface area contributed by atoms with Crippen molar-refractivity contribution in [3.8, 4) is 0 Å². The molecule has 0 spiro atoms. The second-order valence-corrected chi connectivity index (χ2v) is 2.80. The van der Waals surface area contributed by atoms with Crippen LogP contribution in [0, 0.1) is 6.92 Å². The molecule has 1 atom stereocenters. The maximum Gasteiger partial charge on any atom is 0.248 e. The minimum atomic E-state index is -0.0838. The molecule has 0 aliphatic rings. The van der Waals surface area contributed by atoms with Gasteiger partial charge in [0.25, 0.3) is 0 Å². The molecule has 1 aromatic heterocycles. The third-order valence-corrected chi connectivity index (χ3v) is 1.93. The fraction of sp³-hybridized carbons (Fsp3) is 0.444. The van der Waals surface area contributed by atoms with Gasteiger partial charge in [0.2, 0.25) is 5.56 Å². The Balaban J connectivity index is 3.13. The van der Waals surface area contributed by atoms with Crippen molar-refractivity contribution < 1.29 is 4.74 Å². The fourth-order valence-corrected chi connectivity index (χ4v) is 1.10. The van der Waals surface area contributed by atoms with Crippen LogP contribution in [0.4, 0.5) is 0 Å². The third kappa shape index (κ3) is 1.74. The van der Waals surface area contributed by atoms with Crippen molar-refractivity contribution in [2.75, 3.05) is 7.11 Å². The number of aromatic amines is 1. The van der Waals surface area contributed by atoms with Crippen LogP contribution in [0.15, 0.2) is 16.9 Å². The first-order valence-corrected chi connectivity index (χ1v) is 3.87. The second kappa shape index (κ2) is 3.54. The number of hydrogen-bond donors (Lipinski definition) is 1. The first kappa shape index (κ1) is 9.00. The molecule has 0 unspecified atom stereocenters. The van der Waals surface area contributed by atoms with E-state index in [-0.39, 0.29) is 11.7 Å². The van der Waals surface area contributed by atoms with Gasteiger partial charge in [0.05, 0.1) is 6.10 Å². The van der Waals surface area contributed by atoms with Crippen LogP contribution in [0.1, 0.15) is 24.3 Å². The van der Waals surface area contributed by atoms with Crippen LogP contribution in [0.3, 0.4) is 0 Å². The molecule has 66 valence electrons. The molecule has 1 heterocycles. The third-order valence-electron chi connectivity index (χ3n) is 1.93. The van der Waals surface area contributed by atoms with Gasteiger partial charge in [0.1, 0.15) is 0 Å². The van der Waals surface area contributed by atoms with Gasteiger partial charge in [-0.15, -0.1) is 0 Å². The Morgan fingerprint density at radius 1 is 1.50 bits per heavy atom. The van der Waals surface area contributed by atoms with Crippen LogP contribution < -0.4 is 5.56 Å². The lowest BCUT2D eigenvalue weighted by Crippen LogP contribution is -2.11. The molecule has 1 rings (SSSR count). The first-order valence-electron chi connectivity index (χ1n) is 3.87. The number of rotatable bonds is 2. The van der Waals surface area contributed by atoms with Crippen LogP contribution in [0.2, 0.25) is 0 Å². The molecular formula is C9H13NO2. The molecule has 0 bridgehead atoms. The Kier molecular flexibility index (Phi) is 2.65. The molecule has 3 heteroatoms. The minimum Gasteiger partial charge on any atom is -0.376 e. The summed E-state index contributed by atoms with van der Waals surface area (Å²) in [6.07, 6.45) is -0.0566. The minimum absolute atomic E-state index is 0.0566. The van der Waals surface area contributed by atoms with Gasteiger partial charge in [-0.3, -0.25) is 4.79 Å². The van der Waals surface area contributed by atoms with Crippen molar-refractivity contribution in [1.82, 2.24) is 4.98 Å². The van der Waals surface area contributed by atoms with Crippen LogP contribution in [0.5, 0.6) is 0 Å². The standard InChI is InChI=1S/C9H13NO2/c1-6-4-5-8(11)10-9(6)7(2)12-3/h4-5,7H,1-3H3,(H,10,11)/t7-/m1/s1. The van der Waals surface area contributed by atoms with E-state index in [1.54, 1.807) is 13.2 Å². The van der Waals surface area contributed by atoms with Crippen LogP contribution in [0.25, 0.3) is 0 Å². The fourth-order valence-electron chi connectivity index (χ4n) is 1.10. The molecule has 12 heavy (non-hydrogen) atoms. The summed E-state index contributed by atoms with van der Waals surface area (Å²) in [5.41, 5.74) is 1.81. The molecule has 0 amide bonds. The summed E-state index contributed by atoms with van der Waals surface area (Å²) in [4.78, 5) is 13.7. The number of ether oxygens (including phenoxy) is 1. The predicted octanol–water partition coefficient (Wildman–Crippen LogP) is 1.39. The van der Waals surface area contributed by atoms with Gasteiger partial charge < -0.3 is 9.72 Å². The molecule has 0 fully saturated rings. The van der Waals surface area contributed by atoms with Crippen molar-refractivity contribution in [2.24, 2.45) is 0 Å². The van der Waals surface area contributed by atoms with Crippen molar-refractivity contribution in [3.63, 3.8) is 0 Å². The highest BCUT2D eigenvalue weighted by Gasteiger charge is 2.06. The van der Waals surface area contributed by atoms with Crippen molar-refractivity contribution in [2.45, 2.75) is 20.0 Å². The number of pyridine rings is 1. The van der Waals surface area contributed by atoms with E-state index < -0.39 is 0 Å². The summed E-state index contributed by atoms with van der Waals surface area (Å²) < 4.78 is 5.10. The molecule has 0 aromatic carbocycles. The van der Waals surface area contributed by atoms with E-state index in [9.17, 15) is 4.79 Å². The summed E-state index contributed by atoms with van der Waals surface area (Å²) in [5.74, 6) is 0. The normalized spacial score (nSPS) is 12.9. The smallest absolute Gasteiger partial charge is 0.248 e. The summed E-state index contributed by atoms with van der Waals surface area (Å²) in [6, 6.07) is 3.31. The number of nitrogens with one attached hydrogen (secondary N) is 1.